The number of methoxy groups -OCH3 is 1. The predicted octanol–water partition coefficient (Wildman–Crippen LogP) is 7.06. The van der Waals surface area contributed by atoms with E-state index in [1.54, 1.807) is 66.7 Å². The zero-order chi connectivity index (χ0) is 34.3. The number of aliphatic hydroxyl groups excluding tert-OH is 1. The number of aliphatic hydroxyl groups is 1. The van der Waals surface area contributed by atoms with Gasteiger partial charge >= 0.3 is 11.9 Å². The number of carbonyl (C=O) groups excluding carboxylic acids is 2. The van der Waals surface area contributed by atoms with E-state index in [0.29, 0.717) is 47.1 Å². The molecule has 4 rings (SSSR count). The van der Waals surface area contributed by atoms with Crippen LogP contribution in [-0.2, 0) is 16.0 Å². The van der Waals surface area contributed by atoms with Gasteiger partial charge in [0.2, 0.25) is 5.91 Å². The van der Waals surface area contributed by atoms with Gasteiger partial charge < -0.3 is 29.7 Å². The lowest BCUT2D eigenvalue weighted by atomic mass is 10.0. The minimum absolute atomic E-state index is 0.0202. The number of esters is 1. The maximum atomic E-state index is 12.9. The Balaban J connectivity index is 1.29. The van der Waals surface area contributed by atoms with E-state index in [0.717, 1.165) is 25.7 Å². The highest BCUT2D eigenvalue weighted by atomic mass is 16.6. The number of unbranched alkanes of at least 4 members (excludes halogenated alkanes) is 4. The summed E-state index contributed by atoms with van der Waals surface area (Å²) in [4.78, 5) is 37.3. The molecule has 10 nitrogen and oxygen atoms in total. The highest BCUT2D eigenvalue weighted by Gasteiger charge is 2.23. The molecule has 48 heavy (non-hydrogen) atoms. The largest absolute Gasteiger partial charge is 0.494 e. The van der Waals surface area contributed by atoms with E-state index in [1.165, 1.54) is 39.2 Å². The molecule has 0 bridgehead atoms. The number of anilines is 1. The molecule has 258 valence electrons. The van der Waals surface area contributed by atoms with Gasteiger partial charge in [0.1, 0.15) is 18.0 Å². The summed E-state index contributed by atoms with van der Waals surface area (Å²) >= 11 is 0. The molecule has 1 saturated carbocycles. The van der Waals surface area contributed by atoms with E-state index in [-0.39, 0.29) is 23.8 Å². The lowest BCUT2D eigenvalue weighted by molar-refractivity contribution is -0.140. The molecule has 2 atom stereocenters. The van der Waals surface area contributed by atoms with Gasteiger partial charge in [0.25, 0.3) is 0 Å². The number of amides is 1. The fourth-order valence-corrected chi connectivity index (χ4v) is 5.84. The molecule has 1 amide bonds. The van der Waals surface area contributed by atoms with Crippen LogP contribution in [0.1, 0.15) is 98.8 Å². The molecule has 0 radical (unpaired) electrons. The molecule has 10 heteroatoms. The van der Waals surface area contributed by atoms with Crippen LogP contribution in [0.2, 0.25) is 0 Å². The maximum absolute atomic E-state index is 12.9. The summed E-state index contributed by atoms with van der Waals surface area (Å²) in [5.41, 5.74) is 2.01. The minimum atomic E-state index is -1.26. The molecule has 0 spiro atoms. The van der Waals surface area contributed by atoms with Crippen LogP contribution in [0.15, 0.2) is 66.7 Å². The van der Waals surface area contributed by atoms with Crippen molar-refractivity contribution in [3.05, 3.63) is 83.4 Å². The third kappa shape index (κ3) is 11.4. The summed E-state index contributed by atoms with van der Waals surface area (Å²) in [6.07, 6.45) is 9.53. The molecule has 1 aliphatic rings. The first-order valence-electron chi connectivity index (χ1n) is 16.9. The van der Waals surface area contributed by atoms with E-state index in [2.05, 4.69) is 17.6 Å². The van der Waals surface area contributed by atoms with Gasteiger partial charge in [-0.25, -0.2) is 4.79 Å². The number of rotatable bonds is 19. The number of nitrogens with one attached hydrogen (secondary N) is 2. The third-order valence-corrected chi connectivity index (χ3v) is 8.59. The van der Waals surface area contributed by atoms with Gasteiger partial charge in [-0.1, -0.05) is 63.6 Å². The second kappa shape index (κ2) is 18.8. The molecule has 4 N–H and O–H groups in total. The Morgan fingerprint density at radius 1 is 0.896 bits per heavy atom. The van der Waals surface area contributed by atoms with Gasteiger partial charge in [-0.05, 0) is 91.3 Å². The average molecular weight is 661 g/mol. The van der Waals surface area contributed by atoms with Crippen molar-refractivity contribution in [3.63, 3.8) is 0 Å². The van der Waals surface area contributed by atoms with Gasteiger partial charge in [-0.2, -0.15) is 0 Å². The smallest absolute Gasteiger partial charge is 0.343 e. The molecule has 0 aromatic heterocycles. The first-order chi connectivity index (χ1) is 23.2. The van der Waals surface area contributed by atoms with E-state index in [4.69, 9.17) is 14.2 Å². The molecule has 3 aromatic carbocycles. The number of aliphatic carboxylic acids is 1. The van der Waals surface area contributed by atoms with Crippen molar-refractivity contribution in [2.45, 2.75) is 89.8 Å². The molecular weight excluding hydrogens is 612 g/mol. The Bertz CT molecular complexity index is 1470. The Morgan fingerprint density at radius 3 is 2.27 bits per heavy atom. The number of carboxylic acid groups (broad SMARTS) is 1. The summed E-state index contributed by atoms with van der Waals surface area (Å²) in [5, 5.41) is 26.3. The fourth-order valence-electron chi connectivity index (χ4n) is 5.84. The summed E-state index contributed by atoms with van der Waals surface area (Å²) < 4.78 is 16.8. The third-order valence-electron chi connectivity index (χ3n) is 8.59. The van der Waals surface area contributed by atoms with Crippen molar-refractivity contribution in [1.29, 1.82) is 0 Å². The molecule has 0 aliphatic heterocycles. The van der Waals surface area contributed by atoms with Crippen LogP contribution in [0.5, 0.6) is 17.2 Å². The number of carbonyl (C=O) groups is 3. The molecule has 1 fully saturated rings. The van der Waals surface area contributed by atoms with Crippen LogP contribution >= 0.6 is 0 Å². The zero-order valence-electron chi connectivity index (χ0n) is 27.9. The molecular formula is C38H48N2O8. The Hall–Kier alpha value is -4.41. The average Bonchev–Trinajstić information content (AvgIpc) is 3.60. The highest BCUT2D eigenvalue weighted by Crippen LogP contribution is 2.30. The molecule has 0 saturated heterocycles. The number of hydrogen-bond acceptors (Lipinski definition) is 8. The SMILES string of the molecule is CCCCCCCOc1ccc(C(=O)Oc2ccc(CC(NC(O)c3ccc(NC(=O)CC4CCCC4)cc3)C(=O)O)cc2OC)cc1. The standard InChI is InChI=1S/C38H48N2O8/c1-3-4-5-6-9-22-47-31-19-15-29(16-20-31)38(45)48-33-21-12-27(24-34(33)46-2)23-32(37(43)44)40-36(42)28-13-17-30(18-14-28)39-35(41)25-26-10-7-8-11-26/h12-21,24,26,32,36,40,42H,3-11,22-23,25H2,1-2H3,(H,39,41)(H,43,44). The van der Waals surface area contributed by atoms with Crippen LogP contribution in [-0.4, -0.2) is 47.8 Å². The number of carboxylic acids is 1. The first kappa shape index (κ1) is 36.4. The van der Waals surface area contributed by atoms with Gasteiger partial charge in [0.05, 0.1) is 19.3 Å². The summed E-state index contributed by atoms with van der Waals surface area (Å²) in [6, 6.07) is 17.1. The Morgan fingerprint density at radius 2 is 1.60 bits per heavy atom. The lowest BCUT2D eigenvalue weighted by Crippen LogP contribution is -2.40. The highest BCUT2D eigenvalue weighted by molar-refractivity contribution is 5.91. The van der Waals surface area contributed by atoms with Crippen LogP contribution in [0.25, 0.3) is 0 Å². The van der Waals surface area contributed by atoms with E-state index in [9.17, 15) is 24.6 Å². The number of ether oxygens (including phenoxy) is 3. The molecule has 0 heterocycles. The molecule has 1 aliphatic carbocycles. The van der Waals surface area contributed by atoms with Crippen LogP contribution in [0.4, 0.5) is 5.69 Å². The number of hydrogen-bond donors (Lipinski definition) is 4. The maximum Gasteiger partial charge on any atom is 0.343 e. The second-order valence-electron chi connectivity index (χ2n) is 12.4. The van der Waals surface area contributed by atoms with Crippen molar-refractivity contribution >= 4 is 23.5 Å². The van der Waals surface area contributed by atoms with Crippen molar-refractivity contribution < 1.29 is 38.8 Å². The fraction of sp³-hybridized carbons (Fsp3) is 0.447. The van der Waals surface area contributed by atoms with Crippen molar-refractivity contribution in [1.82, 2.24) is 5.32 Å². The summed E-state index contributed by atoms with van der Waals surface area (Å²) in [5.74, 6) is -0.173. The van der Waals surface area contributed by atoms with Gasteiger partial charge in [0, 0.05) is 12.1 Å². The zero-order valence-corrected chi connectivity index (χ0v) is 27.9. The van der Waals surface area contributed by atoms with Gasteiger partial charge in [-0.3, -0.25) is 14.9 Å². The number of benzene rings is 3. The Labute approximate surface area is 282 Å². The van der Waals surface area contributed by atoms with Crippen molar-refractivity contribution in [3.8, 4) is 17.2 Å². The minimum Gasteiger partial charge on any atom is -0.494 e. The van der Waals surface area contributed by atoms with E-state index >= 15 is 0 Å². The normalized spacial score (nSPS) is 14.2. The van der Waals surface area contributed by atoms with Crippen LogP contribution < -0.4 is 24.8 Å². The monoisotopic (exact) mass is 660 g/mol. The van der Waals surface area contributed by atoms with Crippen LogP contribution in [0.3, 0.4) is 0 Å². The predicted molar refractivity (Wildman–Crippen MR) is 184 cm³/mol. The summed E-state index contributed by atoms with van der Waals surface area (Å²) in [7, 11) is 1.43. The van der Waals surface area contributed by atoms with Gasteiger partial charge in [-0.15, -0.1) is 0 Å². The van der Waals surface area contributed by atoms with E-state index < -0.39 is 24.2 Å². The lowest BCUT2D eigenvalue weighted by Gasteiger charge is -2.20. The first-order valence-corrected chi connectivity index (χ1v) is 16.9. The second-order valence-corrected chi connectivity index (χ2v) is 12.4. The van der Waals surface area contributed by atoms with Gasteiger partial charge in [0.15, 0.2) is 11.5 Å². The quantitative estimate of drug-likeness (QED) is 0.0460. The topological polar surface area (TPSA) is 143 Å². The van der Waals surface area contributed by atoms with E-state index in [1.807, 2.05) is 0 Å². The van der Waals surface area contributed by atoms with Crippen LogP contribution in [0, 0.1) is 5.92 Å². The Kier molecular flexibility index (Phi) is 14.3. The van der Waals surface area contributed by atoms with Crippen molar-refractivity contribution in [2.75, 3.05) is 19.0 Å². The van der Waals surface area contributed by atoms with Crippen molar-refractivity contribution in [2.24, 2.45) is 5.92 Å². The summed E-state index contributed by atoms with van der Waals surface area (Å²) in [6.45, 7) is 2.81. The molecule has 2 unspecified atom stereocenters. The molecule has 3 aromatic rings.